The van der Waals surface area contributed by atoms with Crippen molar-refractivity contribution in [2.75, 3.05) is 12.3 Å². The minimum Gasteiger partial charge on any atom is -0.399 e. The Balaban J connectivity index is 2.69. The first-order valence-corrected chi connectivity index (χ1v) is 6.21. The molecule has 94 valence electrons. The lowest BCUT2D eigenvalue weighted by Gasteiger charge is -2.24. The van der Waals surface area contributed by atoms with Crippen LogP contribution < -0.4 is 5.73 Å². The molecule has 17 heavy (non-hydrogen) atoms. The van der Waals surface area contributed by atoms with Crippen LogP contribution in [0.15, 0.2) is 24.3 Å². The Morgan fingerprint density at radius 3 is 2.35 bits per heavy atom. The Morgan fingerprint density at radius 1 is 1.29 bits per heavy atom. The second kappa shape index (κ2) is 6.28. The Bertz CT molecular complexity index is 359. The molecule has 0 saturated carbocycles. The molecule has 0 aliphatic carbocycles. The van der Waals surface area contributed by atoms with Crippen LogP contribution in [0.4, 0.5) is 5.69 Å². The number of rotatable bonds is 5. The molecule has 1 aromatic carbocycles. The van der Waals surface area contributed by atoms with Crippen molar-refractivity contribution in [3.8, 4) is 0 Å². The van der Waals surface area contributed by atoms with Gasteiger partial charge in [0, 0.05) is 24.7 Å². The third kappa shape index (κ3) is 3.77. The summed E-state index contributed by atoms with van der Waals surface area (Å²) in [5, 5.41) is 0. The number of amides is 1. The predicted molar refractivity (Wildman–Crippen MR) is 71.4 cm³/mol. The highest BCUT2D eigenvalue weighted by Crippen LogP contribution is 2.12. The predicted octanol–water partition coefficient (Wildman–Crippen LogP) is 2.66. The van der Waals surface area contributed by atoms with Crippen LogP contribution in [0, 0.1) is 5.92 Å². The van der Waals surface area contributed by atoms with Crippen LogP contribution >= 0.6 is 0 Å². The van der Waals surface area contributed by atoms with E-state index in [0.717, 1.165) is 24.2 Å². The van der Waals surface area contributed by atoms with Gasteiger partial charge in [-0.05, 0) is 31.0 Å². The summed E-state index contributed by atoms with van der Waals surface area (Å²) < 4.78 is 0. The summed E-state index contributed by atoms with van der Waals surface area (Å²) >= 11 is 0. The van der Waals surface area contributed by atoms with E-state index in [4.69, 9.17) is 5.73 Å². The van der Waals surface area contributed by atoms with Crippen molar-refractivity contribution in [2.45, 2.75) is 33.7 Å². The van der Waals surface area contributed by atoms with E-state index in [1.807, 2.05) is 49.9 Å². The number of carbonyl (C=O) groups excluding carboxylic acids is 1. The minimum absolute atomic E-state index is 0.101. The van der Waals surface area contributed by atoms with Gasteiger partial charge in [0.1, 0.15) is 0 Å². The molecule has 0 heterocycles. The number of anilines is 1. The molecule has 0 aliphatic heterocycles. The van der Waals surface area contributed by atoms with Crippen molar-refractivity contribution in [2.24, 2.45) is 5.92 Å². The Hall–Kier alpha value is -1.51. The zero-order valence-electron chi connectivity index (χ0n) is 10.9. The van der Waals surface area contributed by atoms with E-state index < -0.39 is 0 Å². The molecule has 0 saturated heterocycles. The normalized spacial score (nSPS) is 12.2. The van der Waals surface area contributed by atoms with E-state index in [0.29, 0.717) is 6.54 Å². The molecule has 2 N–H and O–H groups in total. The van der Waals surface area contributed by atoms with Crippen LogP contribution in [-0.4, -0.2) is 17.4 Å². The molecule has 1 amide bonds. The Kier molecular flexibility index (Phi) is 5.01. The first kappa shape index (κ1) is 13.6. The van der Waals surface area contributed by atoms with E-state index >= 15 is 0 Å². The maximum Gasteiger partial charge on any atom is 0.225 e. The molecule has 1 rings (SSSR count). The van der Waals surface area contributed by atoms with Crippen LogP contribution in [0.2, 0.25) is 0 Å². The van der Waals surface area contributed by atoms with Gasteiger partial charge in [-0.3, -0.25) is 4.79 Å². The fourth-order valence-electron chi connectivity index (χ4n) is 1.68. The number of nitrogen functional groups attached to an aromatic ring is 1. The molecule has 3 heteroatoms. The second-order valence-corrected chi connectivity index (χ2v) is 4.40. The van der Waals surface area contributed by atoms with Crippen molar-refractivity contribution in [3.05, 3.63) is 29.8 Å². The fourth-order valence-corrected chi connectivity index (χ4v) is 1.68. The molecule has 0 fully saturated rings. The Morgan fingerprint density at radius 2 is 1.88 bits per heavy atom. The molecular formula is C14H22N2O. The monoisotopic (exact) mass is 234 g/mol. The van der Waals surface area contributed by atoms with Gasteiger partial charge in [0.05, 0.1) is 0 Å². The van der Waals surface area contributed by atoms with Crippen LogP contribution in [-0.2, 0) is 11.3 Å². The largest absolute Gasteiger partial charge is 0.399 e. The standard InChI is InChI=1S/C14H22N2O/c1-4-11(3)14(17)16(5-2)10-12-6-8-13(15)9-7-12/h6-9,11H,4-5,10,15H2,1-3H3. The lowest BCUT2D eigenvalue weighted by molar-refractivity contribution is -0.135. The zero-order chi connectivity index (χ0) is 12.8. The van der Waals surface area contributed by atoms with E-state index in [2.05, 4.69) is 0 Å². The molecule has 0 bridgehead atoms. The van der Waals surface area contributed by atoms with Gasteiger partial charge in [-0.15, -0.1) is 0 Å². The molecule has 3 nitrogen and oxygen atoms in total. The molecule has 0 spiro atoms. The third-order valence-corrected chi connectivity index (χ3v) is 3.08. The van der Waals surface area contributed by atoms with Gasteiger partial charge >= 0.3 is 0 Å². The molecule has 0 aromatic heterocycles. The zero-order valence-corrected chi connectivity index (χ0v) is 10.9. The number of benzene rings is 1. The van der Waals surface area contributed by atoms with Gasteiger partial charge in [0.15, 0.2) is 0 Å². The summed E-state index contributed by atoms with van der Waals surface area (Å²) in [5.74, 6) is 0.329. The van der Waals surface area contributed by atoms with Gasteiger partial charge in [-0.1, -0.05) is 26.0 Å². The van der Waals surface area contributed by atoms with Crippen molar-refractivity contribution >= 4 is 11.6 Å². The van der Waals surface area contributed by atoms with E-state index in [9.17, 15) is 4.79 Å². The first-order valence-electron chi connectivity index (χ1n) is 6.21. The van der Waals surface area contributed by atoms with E-state index in [1.54, 1.807) is 0 Å². The fraction of sp³-hybridized carbons (Fsp3) is 0.500. The highest BCUT2D eigenvalue weighted by Gasteiger charge is 2.17. The van der Waals surface area contributed by atoms with Crippen molar-refractivity contribution in [3.63, 3.8) is 0 Å². The van der Waals surface area contributed by atoms with Crippen LogP contribution in [0.5, 0.6) is 0 Å². The second-order valence-electron chi connectivity index (χ2n) is 4.40. The quantitative estimate of drug-likeness (QED) is 0.796. The smallest absolute Gasteiger partial charge is 0.225 e. The van der Waals surface area contributed by atoms with Crippen LogP contribution in [0.25, 0.3) is 0 Å². The first-order chi connectivity index (χ1) is 8.08. The summed E-state index contributed by atoms with van der Waals surface area (Å²) in [6.07, 6.45) is 0.886. The van der Waals surface area contributed by atoms with Crippen LogP contribution in [0.1, 0.15) is 32.8 Å². The van der Waals surface area contributed by atoms with Crippen molar-refractivity contribution < 1.29 is 4.79 Å². The summed E-state index contributed by atoms with van der Waals surface area (Å²) in [6, 6.07) is 7.69. The van der Waals surface area contributed by atoms with E-state index in [1.165, 1.54) is 0 Å². The SMILES string of the molecule is CCC(C)C(=O)N(CC)Cc1ccc(N)cc1. The van der Waals surface area contributed by atoms with Gasteiger partial charge in [0.25, 0.3) is 0 Å². The average Bonchev–Trinajstić information content (AvgIpc) is 2.36. The number of hydrogen-bond acceptors (Lipinski definition) is 2. The van der Waals surface area contributed by atoms with Crippen molar-refractivity contribution in [1.82, 2.24) is 4.90 Å². The summed E-state index contributed by atoms with van der Waals surface area (Å²) in [6.45, 7) is 7.44. The summed E-state index contributed by atoms with van der Waals surface area (Å²) in [7, 11) is 0. The Labute approximate surface area is 104 Å². The number of nitrogens with two attached hydrogens (primary N) is 1. The highest BCUT2D eigenvalue weighted by molar-refractivity contribution is 5.78. The molecule has 0 aliphatic rings. The molecule has 1 unspecified atom stereocenters. The summed E-state index contributed by atoms with van der Waals surface area (Å²) in [4.78, 5) is 14.0. The van der Waals surface area contributed by atoms with Crippen LogP contribution in [0.3, 0.4) is 0 Å². The number of nitrogens with zero attached hydrogens (tertiary/aromatic N) is 1. The molecule has 1 atom stereocenters. The van der Waals surface area contributed by atoms with Gasteiger partial charge in [-0.2, -0.15) is 0 Å². The molecule has 1 aromatic rings. The van der Waals surface area contributed by atoms with Gasteiger partial charge < -0.3 is 10.6 Å². The highest BCUT2D eigenvalue weighted by atomic mass is 16.2. The minimum atomic E-state index is 0.101. The summed E-state index contributed by atoms with van der Waals surface area (Å²) in [5.41, 5.74) is 7.52. The maximum atomic E-state index is 12.1. The van der Waals surface area contributed by atoms with Gasteiger partial charge in [0.2, 0.25) is 5.91 Å². The maximum absolute atomic E-state index is 12.1. The number of carbonyl (C=O) groups is 1. The van der Waals surface area contributed by atoms with Gasteiger partial charge in [-0.25, -0.2) is 0 Å². The number of hydrogen-bond donors (Lipinski definition) is 1. The third-order valence-electron chi connectivity index (χ3n) is 3.08. The van der Waals surface area contributed by atoms with E-state index in [-0.39, 0.29) is 11.8 Å². The topological polar surface area (TPSA) is 46.3 Å². The molecular weight excluding hydrogens is 212 g/mol. The lowest BCUT2D eigenvalue weighted by atomic mass is 10.1. The lowest BCUT2D eigenvalue weighted by Crippen LogP contribution is -2.34. The average molecular weight is 234 g/mol. The molecule has 0 radical (unpaired) electrons. The van der Waals surface area contributed by atoms with Crippen molar-refractivity contribution in [1.29, 1.82) is 0 Å².